The van der Waals surface area contributed by atoms with E-state index in [4.69, 9.17) is 0 Å². The van der Waals surface area contributed by atoms with Crippen molar-refractivity contribution in [3.05, 3.63) is 64.7 Å². The Morgan fingerprint density at radius 3 is 2.62 bits per heavy atom. The molecule has 7 heteroatoms. The van der Waals surface area contributed by atoms with Crippen LogP contribution in [0.1, 0.15) is 40.7 Å². The Bertz CT molecular complexity index is 940. The second-order valence-electron chi connectivity index (χ2n) is 7.69. The highest BCUT2D eigenvalue weighted by Crippen LogP contribution is 2.25. The van der Waals surface area contributed by atoms with E-state index >= 15 is 0 Å². The summed E-state index contributed by atoms with van der Waals surface area (Å²) in [6.07, 6.45) is 2.90. The molecule has 152 valence electrons. The molecule has 0 spiro atoms. The summed E-state index contributed by atoms with van der Waals surface area (Å²) in [6, 6.07) is 9.42. The van der Waals surface area contributed by atoms with Crippen molar-refractivity contribution in [2.24, 2.45) is 0 Å². The number of aryl methyl sites for hydroxylation is 1. The molecule has 2 N–H and O–H groups in total. The molecule has 0 radical (unpaired) electrons. The van der Waals surface area contributed by atoms with Crippen molar-refractivity contribution >= 4 is 17.5 Å². The lowest BCUT2D eigenvalue weighted by molar-refractivity contribution is -0.116. The third-order valence-corrected chi connectivity index (χ3v) is 5.58. The molecule has 2 heterocycles. The van der Waals surface area contributed by atoms with E-state index in [1.165, 1.54) is 11.6 Å². The van der Waals surface area contributed by atoms with Crippen LogP contribution >= 0.6 is 0 Å². The number of benzene rings is 2. The van der Waals surface area contributed by atoms with Gasteiger partial charge in [-0.25, -0.2) is 8.78 Å². The second kappa shape index (κ2) is 8.29. The zero-order chi connectivity index (χ0) is 20.4. The average Bonchev–Trinajstić information content (AvgIpc) is 2.71. The number of carbonyl (C=O) groups excluding carboxylic acids is 2. The monoisotopic (exact) mass is 399 g/mol. The average molecular weight is 399 g/mol. The van der Waals surface area contributed by atoms with Gasteiger partial charge in [-0.15, -0.1) is 0 Å². The molecule has 2 aromatic carbocycles. The van der Waals surface area contributed by atoms with Gasteiger partial charge in [0.25, 0.3) is 5.91 Å². The van der Waals surface area contributed by atoms with Crippen LogP contribution in [-0.4, -0.2) is 35.8 Å². The number of piperidine rings is 1. The van der Waals surface area contributed by atoms with Gasteiger partial charge < -0.3 is 10.6 Å². The maximum absolute atomic E-state index is 13.3. The van der Waals surface area contributed by atoms with E-state index in [0.717, 1.165) is 62.3 Å². The predicted molar refractivity (Wildman–Crippen MR) is 106 cm³/mol. The first kappa shape index (κ1) is 19.5. The van der Waals surface area contributed by atoms with Crippen LogP contribution in [-0.2, 0) is 17.8 Å². The van der Waals surface area contributed by atoms with Crippen molar-refractivity contribution in [3.8, 4) is 0 Å². The summed E-state index contributed by atoms with van der Waals surface area (Å²) >= 11 is 0. The van der Waals surface area contributed by atoms with E-state index in [9.17, 15) is 18.4 Å². The summed E-state index contributed by atoms with van der Waals surface area (Å²) in [6.45, 7) is 2.44. The molecule has 5 nitrogen and oxygen atoms in total. The first-order valence-electron chi connectivity index (χ1n) is 9.88. The summed E-state index contributed by atoms with van der Waals surface area (Å²) in [4.78, 5) is 26.2. The van der Waals surface area contributed by atoms with E-state index in [0.29, 0.717) is 6.42 Å². The zero-order valence-electron chi connectivity index (χ0n) is 16.0. The van der Waals surface area contributed by atoms with Gasteiger partial charge in [0.15, 0.2) is 11.6 Å². The van der Waals surface area contributed by atoms with Crippen LogP contribution in [0.4, 0.5) is 14.5 Å². The molecule has 1 saturated heterocycles. The minimum atomic E-state index is -1.02. The smallest absolute Gasteiger partial charge is 0.251 e. The summed E-state index contributed by atoms with van der Waals surface area (Å²) < 4.78 is 26.3. The van der Waals surface area contributed by atoms with Gasteiger partial charge >= 0.3 is 0 Å². The highest BCUT2D eigenvalue weighted by atomic mass is 19.2. The Hall–Kier alpha value is -2.80. The van der Waals surface area contributed by atoms with Crippen LogP contribution in [0.3, 0.4) is 0 Å². The molecule has 0 bridgehead atoms. The number of halogens is 2. The lowest BCUT2D eigenvalue weighted by Gasteiger charge is -2.32. The Labute approximate surface area is 168 Å². The maximum Gasteiger partial charge on any atom is 0.251 e. The molecule has 29 heavy (non-hydrogen) atoms. The minimum Gasteiger partial charge on any atom is -0.349 e. The Kier molecular flexibility index (Phi) is 5.58. The fraction of sp³-hybridized carbons (Fsp3) is 0.364. The number of rotatable bonds is 4. The van der Waals surface area contributed by atoms with Gasteiger partial charge in [0, 0.05) is 43.3 Å². The lowest BCUT2D eigenvalue weighted by atomic mass is 9.99. The van der Waals surface area contributed by atoms with E-state index in [1.54, 1.807) is 0 Å². The molecule has 2 aliphatic rings. The van der Waals surface area contributed by atoms with Crippen LogP contribution in [0.15, 0.2) is 36.4 Å². The van der Waals surface area contributed by atoms with E-state index < -0.39 is 11.6 Å². The molecule has 4 rings (SSSR count). The fourth-order valence-corrected chi connectivity index (χ4v) is 3.92. The number of nitrogens with one attached hydrogen (secondary N) is 2. The Morgan fingerprint density at radius 2 is 1.86 bits per heavy atom. The summed E-state index contributed by atoms with van der Waals surface area (Å²) in [5, 5.41) is 5.84. The van der Waals surface area contributed by atoms with Crippen molar-refractivity contribution in [2.75, 3.05) is 18.4 Å². The van der Waals surface area contributed by atoms with Crippen molar-refractivity contribution < 1.29 is 18.4 Å². The summed E-state index contributed by atoms with van der Waals surface area (Å²) in [5.74, 6) is -2.30. The Morgan fingerprint density at radius 1 is 1.07 bits per heavy atom. The molecule has 0 atom stereocenters. The number of anilines is 1. The first-order valence-corrected chi connectivity index (χ1v) is 9.88. The summed E-state index contributed by atoms with van der Waals surface area (Å²) in [5.41, 5.74) is 3.36. The minimum absolute atomic E-state index is 0.00897. The van der Waals surface area contributed by atoms with Gasteiger partial charge in [0.2, 0.25) is 5.91 Å². The molecule has 0 unspecified atom stereocenters. The second-order valence-corrected chi connectivity index (χ2v) is 7.69. The van der Waals surface area contributed by atoms with Gasteiger partial charge in [0.05, 0.1) is 0 Å². The van der Waals surface area contributed by atoms with Crippen LogP contribution < -0.4 is 10.6 Å². The van der Waals surface area contributed by atoms with Gasteiger partial charge in [-0.2, -0.15) is 0 Å². The molecular formula is C22H23F2N3O2. The zero-order valence-corrected chi connectivity index (χ0v) is 16.0. The number of nitrogens with zero attached hydrogens (tertiary/aromatic N) is 1. The van der Waals surface area contributed by atoms with Crippen molar-refractivity contribution in [3.63, 3.8) is 0 Å². The van der Waals surface area contributed by atoms with Gasteiger partial charge in [-0.05, 0) is 54.7 Å². The molecule has 0 aliphatic carbocycles. The molecule has 2 amide bonds. The summed E-state index contributed by atoms with van der Waals surface area (Å²) in [7, 11) is 0. The van der Waals surface area contributed by atoms with Crippen LogP contribution in [0, 0.1) is 11.6 Å². The number of hydrogen-bond acceptors (Lipinski definition) is 3. The first-order chi connectivity index (χ1) is 14.0. The molecule has 2 aliphatic heterocycles. The maximum atomic E-state index is 13.3. The molecular weight excluding hydrogens is 376 g/mol. The van der Waals surface area contributed by atoms with E-state index in [1.807, 2.05) is 6.07 Å². The number of hydrogen-bond donors (Lipinski definition) is 2. The molecule has 2 aromatic rings. The standard InChI is InChI=1S/C22H23F2N3O2/c23-18-5-3-16(12-19(18)24)22(29)25-17-7-9-27(10-8-17)13-14-1-2-15-4-6-21(28)26-20(15)11-14/h1-3,5,11-12,17H,4,6-10,13H2,(H,25,29)(H,26,28). The largest absolute Gasteiger partial charge is 0.349 e. The van der Waals surface area contributed by atoms with Crippen molar-refractivity contribution in [1.82, 2.24) is 10.2 Å². The SMILES string of the molecule is O=C1CCc2ccc(CN3CCC(NC(=O)c4ccc(F)c(F)c4)CC3)cc2N1. The normalized spacial score (nSPS) is 17.5. The lowest BCUT2D eigenvalue weighted by Crippen LogP contribution is -2.44. The van der Waals surface area contributed by atoms with Crippen molar-refractivity contribution in [2.45, 2.75) is 38.3 Å². The van der Waals surface area contributed by atoms with Gasteiger partial charge in [-0.1, -0.05) is 12.1 Å². The van der Waals surface area contributed by atoms with Crippen molar-refractivity contribution in [1.29, 1.82) is 0 Å². The molecule has 0 aromatic heterocycles. The number of fused-ring (bicyclic) bond motifs is 1. The molecule has 0 saturated carbocycles. The number of likely N-dealkylation sites (tertiary alicyclic amines) is 1. The predicted octanol–water partition coefficient (Wildman–Crippen LogP) is 3.24. The fourth-order valence-electron chi connectivity index (χ4n) is 3.92. The van der Waals surface area contributed by atoms with Crippen LogP contribution in [0.25, 0.3) is 0 Å². The van der Waals surface area contributed by atoms with Gasteiger partial charge in [0.1, 0.15) is 0 Å². The quantitative estimate of drug-likeness (QED) is 0.830. The van der Waals surface area contributed by atoms with Crippen LogP contribution in [0.2, 0.25) is 0 Å². The highest BCUT2D eigenvalue weighted by Gasteiger charge is 2.22. The topological polar surface area (TPSA) is 61.4 Å². The Balaban J connectivity index is 1.29. The third-order valence-electron chi connectivity index (χ3n) is 5.58. The number of amides is 2. The number of carbonyl (C=O) groups is 2. The third kappa shape index (κ3) is 4.62. The van der Waals surface area contributed by atoms with E-state index in [-0.39, 0.29) is 23.4 Å². The molecule has 1 fully saturated rings. The highest BCUT2D eigenvalue weighted by molar-refractivity contribution is 5.94. The van der Waals surface area contributed by atoms with Crippen LogP contribution in [0.5, 0.6) is 0 Å². The van der Waals surface area contributed by atoms with Gasteiger partial charge in [-0.3, -0.25) is 14.5 Å². The van der Waals surface area contributed by atoms with E-state index in [2.05, 4.69) is 27.7 Å².